The number of aryl methyl sites for hydroxylation is 2. The second-order valence-electron chi connectivity index (χ2n) is 5.76. The van der Waals surface area contributed by atoms with Crippen molar-refractivity contribution in [3.05, 3.63) is 71.6 Å². The van der Waals surface area contributed by atoms with Crippen LogP contribution in [0.4, 0.5) is 5.69 Å². The number of hydrogen-bond acceptors (Lipinski definition) is 3. The molecule has 2 aromatic carbocycles. The minimum absolute atomic E-state index is 0.0154. The Bertz CT molecular complexity index is 818. The molecule has 4 nitrogen and oxygen atoms in total. The zero-order valence-electron chi connectivity index (χ0n) is 13.9. The van der Waals surface area contributed by atoms with E-state index in [1.165, 1.54) is 0 Å². The lowest BCUT2D eigenvalue weighted by molar-refractivity contribution is -0.116. The first kappa shape index (κ1) is 16.0. The molecule has 0 aliphatic heterocycles. The number of hydrogen-bond donors (Lipinski definition) is 1. The number of nitrogens with one attached hydrogen (secondary N) is 1. The van der Waals surface area contributed by atoms with Crippen LogP contribution in [-0.4, -0.2) is 11.1 Å². The first-order valence-corrected chi connectivity index (χ1v) is 8.01. The largest absolute Gasteiger partial charge is 0.361 e. The van der Waals surface area contributed by atoms with Crippen LogP contribution in [0, 0.1) is 13.8 Å². The molecule has 4 heteroatoms. The molecule has 0 unspecified atom stereocenters. The number of anilines is 1. The normalized spacial score (nSPS) is 10.6. The maximum absolute atomic E-state index is 12.4. The van der Waals surface area contributed by atoms with Crippen molar-refractivity contribution in [3.63, 3.8) is 0 Å². The fourth-order valence-electron chi connectivity index (χ4n) is 2.77. The van der Waals surface area contributed by atoms with Gasteiger partial charge in [0.1, 0.15) is 5.76 Å². The van der Waals surface area contributed by atoms with E-state index in [9.17, 15) is 4.79 Å². The van der Waals surface area contributed by atoms with Crippen molar-refractivity contribution >= 4 is 11.6 Å². The smallest absolute Gasteiger partial charge is 0.224 e. The monoisotopic (exact) mass is 320 g/mol. The minimum Gasteiger partial charge on any atom is -0.361 e. The van der Waals surface area contributed by atoms with Gasteiger partial charge in [-0.25, -0.2) is 0 Å². The average Bonchev–Trinajstić information content (AvgIpc) is 2.92. The van der Waals surface area contributed by atoms with Gasteiger partial charge in [0, 0.05) is 23.2 Å². The maximum atomic E-state index is 12.4. The molecule has 0 spiro atoms. The lowest BCUT2D eigenvalue weighted by Crippen LogP contribution is -2.13. The summed E-state index contributed by atoms with van der Waals surface area (Å²) >= 11 is 0. The second-order valence-corrected chi connectivity index (χ2v) is 5.76. The summed E-state index contributed by atoms with van der Waals surface area (Å²) in [5, 5.41) is 6.95. The third kappa shape index (κ3) is 3.54. The van der Waals surface area contributed by atoms with E-state index in [1.807, 2.05) is 68.4 Å². The van der Waals surface area contributed by atoms with E-state index in [4.69, 9.17) is 4.52 Å². The quantitative estimate of drug-likeness (QED) is 0.751. The predicted octanol–water partition coefficient (Wildman–Crippen LogP) is 4.53. The van der Waals surface area contributed by atoms with Gasteiger partial charge >= 0.3 is 0 Å². The first-order chi connectivity index (χ1) is 11.6. The Hall–Kier alpha value is -2.88. The van der Waals surface area contributed by atoms with Crippen LogP contribution in [0.25, 0.3) is 11.1 Å². The summed E-state index contributed by atoms with van der Waals surface area (Å²) in [6.07, 6.45) is 1.02. The highest BCUT2D eigenvalue weighted by Crippen LogP contribution is 2.27. The standard InChI is InChI=1S/C20H20N2O2/c1-14-17(15(2)24-22-14)12-13-20(23)21-19-11-7-6-10-18(19)16-8-4-3-5-9-16/h3-11H,12-13H2,1-2H3,(H,21,23). The topological polar surface area (TPSA) is 55.1 Å². The molecule has 0 aliphatic rings. The van der Waals surface area contributed by atoms with Gasteiger partial charge < -0.3 is 9.84 Å². The number of carbonyl (C=O) groups is 1. The first-order valence-electron chi connectivity index (χ1n) is 8.01. The highest BCUT2D eigenvalue weighted by atomic mass is 16.5. The number of nitrogens with zero attached hydrogens (tertiary/aromatic N) is 1. The highest BCUT2D eigenvalue weighted by molar-refractivity contribution is 5.95. The summed E-state index contributed by atoms with van der Waals surface area (Å²) in [6, 6.07) is 17.9. The molecule has 0 atom stereocenters. The summed E-state index contributed by atoms with van der Waals surface area (Å²) in [7, 11) is 0. The molecule has 0 saturated heterocycles. The Morgan fingerprint density at radius 1 is 1.04 bits per heavy atom. The Morgan fingerprint density at radius 2 is 1.75 bits per heavy atom. The predicted molar refractivity (Wildman–Crippen MR) is 94.8 cm³/mol. The highest BCUT2D eigenvalue weighted by Gasteiger charge is 2.12. The van der Waals surface area contributed by atoms with Crippen LogP contribution >= 0.6 is 0 Å². The van der Waals surface area contributed by atoms with Gasteiger partial charge in [-0.2, -0.15) is 0 Å². The lowest BCUT2D eigenvalue weighted by atomic mass is 10.0. The van der Waals surface area contributed by atoms with Crippen LogP contribution < -0.4 is 5.32 Å². The van der Waals surface area contributed by atoms with Crippen molar-refractivity contribution in [3.8, 4) is 11.1 Å². The SMILES string of the molecule is Cc1noc(C)c1CCC(=O)Nc1ccccc1-c1ccccc1. The average molecular weight is 320 g/mol. The van der Waals surface area contributed by atoms with Gasteiger partial charge in [-0.05, 0) is 31.9 Å². The zero-order valence-corrected chi connectivity index (χ0v) is 13.9. The molecule has 0 saturated carbocycles. The summed E-state index contributed by atoms with van der Waals surface area (Å²) in [5.74, 6) is 0.767. The molecule has 1 heterocycles. The van der Waals surface area contributed by atoms with Gasteiger partial charge in [-0.15, -0.1) is 0 Å². The fourth-order valence-corrected chi connectivity index (χ4v) is 2.77. The van der Waals surface area contributed by atoms with E-state index in [0.29, 0.717) is 12.8 Å². The molecule has 1 amide bonds. The Labute approximate surface area is 141 Å². The number of benzene rings is 2. The molecule has 24 heavy (non-hydrogen) atoms. The molecule has 0 radical (unpaired) electrons. The molecule has 1 aromatic heterocycles. The lowest BCUT2D eigenvalue weighted by Gasteiger charge is -2.11. The van der Waals surface area contributed by atoms with Gasteiger partial charge in [0.2, 0.25) is 5.91 Å². The van der Waals surface area contributed by atoms with Gasteiger partial charge in [-0.1, -0.05) is 53.7 Å². The molecule has 1 N–H and O–H groups in total. The summed E-state index contributed by atoms with van der Waals surface area (Å²) in [4.78, 5) is 12.4. The van der Waals surface area contributed by atoms with Crippen molar-refractivity contribution in [1.29, 1.82) is 0 Å². The minimum atomic E-state index is -0.0154. The number of aromatic nitrogens is 1. The summed E-state index contributed by atoms with van der Waals surface area (Å²) in [6.45, 7) is 3.77. The molecular weight excluding hydrogens is 300 g/mol. The van der Waals surface area contributed by atoms with Crippen molar-refractivity contribution < 1.29 is 9.32 Å². The van der Waals surface area contributed by atoms with E-state index in [0.717, 1.165) is 33.8 Å². The molecule has 122 valence electrons. The van der Waals surface area contributed by atoms with Crippen molar-refractivity contribution in [2.24, 2.45) is 0 Å². The van der Waals surface area contributed by atoms with Gasteiger partial charge in [0.05, 0.1) is 5.69 Å². The Kier molecular flexibility index (Phi) is 4.75. The summed E-state index contributed by atoms with van der Waals surface area (Å²) in [5.41, 5.74) is 4.79. The van der Waals surface area contributed by atoms with Gasteiger partial charge in [-0.3, -0.25) is 4.79 Å². The molecule has 0 bridgehead atoms. The van der Waals surface area contributed by atoms with Crippen LogP contribution in [0.1, 0.15) is 23.4 Å². The van der Waals surface area contributed by atoms with E-state index in [1.54, 1.807) is 0 Å². The van der Waals surface area contributed by atoms with E-state index >= 15 is 0 Å². The van der Waals surface area contributed by atoms with Crippen LogP contribution in [0.5, 0.6) is 0 Å². The zero-order chi connectivity index (χ0) is 16.9. The van der Waals surface area contributed by atoms with E-state index < -0.39 is 0 Å². The van der Waals surface area contributed by atoms with Crippen LogP contribution in [-0.2, 0) is 11.2 Å². The van der Waals surface area contributed by atoms with Crippen LogP contribution in [0.2, 0.25) is 0 Å². The molecule has 0 fully saturated rings. The number of amides is 1. The van der Waals surface area contributed by atoms with Crippen LogP contribution in [0.3, 0.4) is 0 Å². The van der Waals surface area contributed by atoms with E-state index in [2.05, 4.69) is 10.5 Å². The maximum Gasteiger partial charge on any atom is 0.224 e. The number of carbonyl (C=O) groups excluding carboxylic acids is 1. The molecule has 3 rings (SSSR count). The summed E-state index contributed by atoms with van der Waals surface area (Å²) < 4.78 is 5.14. The molecular formula is C20H20N2O2. The molecule has 0 aliphatic carbocycles. The van der Waals surface area contributed by atoms with Crippen molar-refractivity contribution in [2.45, 2.75) is 26.7 Å². The van der Waals surface area contributed by atoms with Gasteiger partial charge in [0.15, 0.2) is 0 Å². The van der Waals surface area contributed by atoms with Crippen molar-refractivity contribution in [1.82, 2.24) is 5.16 Å². The third-order valence-electron chi connectivity index (χ3n) is 4.07. The van der Waals surface area contributed by atoms with Crippen molar-refractivity contribution in [2.75, 3.05) is 5.32 Å². The fraction of sp³-hybridized carbons (Fsp3) is 0.200. The third-order valence-corrected chi connectivity index (χ3v) is 4.07. The second kappa shape index (κ2) is 7.13. The Balaban J connectivity index is 1.71. The van der Waals surface area contributed by atoms with Gasteiger partial charge in [0.25, 0.3) is 0 Å². The van der Waals surface area contributed by atoms with E-state index in [-0.39, 0.29) is 5.91 Å². The van der Waals surface area contributed by atoms with Crippen LogP contribution in [0.15, 0.2) is 59.1 Å². The number of para-hydroxylation sites is 1. The Morgan fingerprint density at radius 3 is 2.46 bits per heavy atom. The molecule has 3 aromatic rings. The number of rotatable bonds is 5.